The molecule has 162 valence electrons. The summed E-state index contributed by atoms with van der Waals surface area (Å²) in [6.45, 7) is 3.08. The number of benzene rings is 2. The third-order valence-corrected chi connectivity index (χ3v) is 7.66. The molecule has 0 aromatic heterocycles. The summed E-state index contributed by atoms with van der Waals surface area (Å²) in [4.78, 5) is 14.8. The van der Waals surface area contributed by atoms with E-state index in [4.69, 9.17) is 46.4 Å². The molecule has 1 saturated heterocycles. The molecule has 2 aromatic carbocycles. The molecule has 1 aliphatic heterocycles. The maximum absolute atomic E-state index is 12.5. The lowest BCUT2D eigenvalue weighted by Gasteiger charge is -2.31. The fraction of sp³-hybridized carbons (Fsp3) is 0.409. The third-order valence-electron chi connectivity index (χ3n) is 5.26. The van der Waals surface area contributed by atoms with Gasteiger partial charge in [0.1, 0.15) is 0 Å². The van der Waals surface area contributed by atoms with Crippen molar-refractivity contribution < 1.29 is 4.79 Å². The minimum Gasteiger partial charge on any atom is -0.355 e. The monoisotopic (exact) mass is 504 g/mol. The lowest BCUT2D eigenvalue weighted by molar-refractivity contribution is -0.126. The molecule has 1 heterocycles. The zero-order valence-electron chi connectivity index (χ0n) is 16.5. The molecule has 0 radical (unpaired) electrons. The van der Waals surface area contributed by atoms with Crippen LogP contribution in [0.1, 0.15) is 24.0 Å². The SMILES string of the molecule is O=C(NCCSCc1c(Cl)cccc1Cl)C1CCN(Cc2c(Cl)cccc2Cl)CC1. The van der Waals surface area contributed by atoms with Crippen LogP contribution in [0.4, 0.5) is 0 Å². The molecule has 0 saturated carbocycles. The Balaban J connectivity index is 1.35. The molecular weight excluding hydrogens is 482 g/mol. The lowest BCUT2D eigenvalue weighted by atomic mass is 9.95. The van der Waals surface area contributed by atoms with Crippen molar-refractivity contribution in [3.05, 3.63) is 67.6 Å². The number of nitrogens with zero attached hydrogens (tertiary/aromatic N) is 1. The summed E-state index contributed by atoms with van der Waals surface area (Å²) in [6.07, 6.45) is 1.69. The fourth-order valence-electron chi connectivity index (χ4n) is 3.50. The van der Waals surface area contributed by atoms with E-state index in [-0.39, 0.29) is 11.8 Å². The molecule has 0 atom stereocenters. The van der Waals surface area contributed by atoms with Crippen LogP contribution in [0, 0.1) is 5.92 Å². The molecule has 30 heavy (non-hydrogen) atoms. The summed E-state index contributed by atoms with van der Waals surface area (Å²) in [5.41, 5.74) is 1.91. The van der Waals surface area contributed by atoms with E-state index in [9.17, 15) is 4.79 Å². The van der Waals surface area contributed by atoms with Crippen LogP contribution in [0.25, 0.3) is 0 Å². The number of carbonyl (C=O) groups is 1. The van der Waals surface area contributed by atoms with Crippen LogP contribution >= 0.6 is 58.2 Å². The molecule has 3 nitrogen and oxygen atoms in total. The second-order valence-electron chi connectivity index (χ2n) is 7.29. The van der Waals surface area contributed by atoms with Gasteiger partial charge in [0, 0.05) is 56.2 Å². The topological polar surface area (TPSA) is 32.3 Å². The van der Waals surface area contributed by atoms with E-state index in [1.807, 2.05) is 36.4 Å². The highest BCUT2D eigenvalue weighted by Gasteiger charge is 2.25. The Labute approximate surface area is 202 Å². The molecular formula is C22H24Cl4N2OS. The number of carbonyl (C=O) groups excluding carboxylic acids is 1. The number of hydrogen-bond donors (Lipinski definition) is 1. The van der Waals surface area contributed by atoms with Gasteiger partial charge in [-0.05, 0) is 55.8 Å². The van der Waals surface area contributed by atoms with E-state index in [0.29, 0.717) is 33.2 Å². The number of halogens is 4. The Morgan fingerprint density at radius 1 is 0.933 bits per heavy atom. The van der Waals surface area contributed by atoms with Gasteiger partial charge in [-0.15, -0.1) is 0 Å². The summed E-state index contributed by atoms with van der Waals surface area (Å²) < 4.78 is 0. The molecule has 1 N–H and O–H groups in total. The predicted octanol–water partition coefficient (Wildman–Crippen LogP) is 6.56. The molecule has 8 heteroatoms. The Morgan fingerprint density at radius 2 is 1.47 bits per heavy atom. The quantitative estimate of drug-likeness (QED) is 0.412. The second kappa shape index (κ2) is 11.8. The highest BCUT2D eigenvalue weighted by molar-refractivity contribution is 7.98. The molecule has 0 bridgehead atoms. The van der Waals surface area contributed by atoms with E-state index in [2.05, 4.69) is 10.2 Å². The highest BCUT2D eigenvalue weighted by atomic mass is 35.5. The number of rotatable bonds is 8. The summed E-state index contributed by atoms with van der Waals surface area (Å²) in [6, 6.07) is 11.1. The Bertz CT molecular complexity index is 832. The maximum Gasteiger partial charge on any atom is 0.223 e. The van der Waals surface area contributed by atoms with Crippen LogP contribution in [0.3, 0.4) is 0 Å². The van der Waals surface area contributed by atoms with Gasteiger partial charge in [-0.1, -0.05) is 58.5 Å². The van der Waals surface area contributed by atoms with Gasteiger partial charge < -0.3 is 5.32 Å². The summed E-state index contributed by atoms with van der Waals surface area (Å²) in [5, 5.41) is 5.82. The van der Waals surface area contributed by atoms with Crippen LogP contribution in [0.15, 0.2) is 36.4 Å². The van der Waals surface area contributed by atoms with Crippen molar-refractivity contribution in [3.63, 3.8) is 0 Å². The second-order valence-corrected chi connectivity index (χ2v) is 10.0. The average molecular weight is 506 g/mol. The van der Waals surface area contributed by atoms with Crippen molar-refractivity contribution in [3.8, 4) is 0 Å². The van der Waals surface area contributed by atoms with Crippen molar-refractivity contribution in [1.82, 2.24) is 10.2 Å². The lowest BCUT2D eigenvalue weighted by Crippen LogP contribution is -2.40. The Hall–Kier alpha value is -0.620. The van der Waals surface area contributed by atoms with Gasteiger partial charge in [0.25, 0.3) is 0 Å². The van der Waals surface area contributed by atoms with Crippen LogP contribution in [0.2, 0.25) is 20.1 Å². The van der Waals surface area contributed by atoms with Crippen LogP contribution in [-0.2, 0) is 17.1 Å². The van der Waals surface area contributed by atoms with E-state index in [1.54, 1.807) is 11.8 Å². The van der Waals surface area contributed by atoms with Gasteiger partial charge >= 0.3 is 0 Å². The highest BCUT2D eigenvalue weighted by Crippen LogP contribution is 2.29. The predicted molar refractivity (Wildman–Crippen MR) is 130 cm³/mol. The summed E-state index contributed by atoms with van der Waals surface area (Å²) in [7, 11) is 0. The fourth-order valence-corrected chi connectivity index (χ4v) is 5.61. The molecule has 2 aromatic rings. The standard InChI is InChI=1S/C22H24Cl4N2OS/c23-18-3-1-4-19(24)16(18)13-28-10-7-15(8-11-28)22(29)27-9-12-30-14-17-20(25)5-2-6-21(17)26/h1-6,15H,7-14H2,(H,27,29). The van der Waals surface area contributed by atoms with E-state index < -0.39 is 0 Å². The minimum atomic E-state index is 0.0611. The third kappa shape index (κ3) is 6.69. The summed E-state index contributed by atoms with van der Waals surface area (Å²) in [5.74, 6) is 1.75. The average Bonchev–Trinajstić information content (AvgIpc) is 2.73. The summed E-state index contributed by atoms with van der Waals surface area (Å²) >= 11 is 26.6. The minimum absolute atomic E-state index is 0.0611. The van der Waals surface area contributed by atoms with Crippen molar-refractivity contribution >= 4 is 64.1 Å². The van der Waals surface area contributed by atoms with Gasteiger partial charge in [0.2, 0.25) is 5.91 Å². The zero-order valence-corrected chi connectivity index (χ0v) is 20.3. The first kappa shape index (κ1) is 24.0. The van der Waals surface area contributed by atoms with Gasteiger partial charge in [-0.25, -0.2) is 0 Å². The van der Waals surface area contributed by atoms with Crippen molar-refractivity contribution in [2.45, 2.75) is 25.1 Å². The first-order valence-electron chi connectivity index (χ1n) is 9.89. The van der Waals surface area contributed by atoms with Gasteiger partial charge in [-0.2, -0.15) is 11.8 Å². The molecule has 1 aliphatic rings. The maximum atomic E-state index is 12.5. The first-order chi connectivity index (χ1) is 14.5. The Kier molecular flexibility index (Phi) is 9.49. The molecule has 1 amide bonds. The number of piperidine rings is 1. The van der Waals surface area contributed by atoms with Crippen molar-refractivity contribution in [2.24, 2.45) is 5.92 Å². The smallest absolute Gasteiger partial charge is 0.223 e. The number of nitrogens with one attached hydrogen (secondary N) is 1. The van der Waals surface area contributed by atoms with Crippen LogP contribution in [-0.4, -0.2) is 36.2 Å². The largest absolute Gasteiger partial charge is 0.355 e. The molecule has 0 spiro atoms. The van der Waals surface area contributed by atoms with Gasteiger partial charge in [-0.3, -0.25) is 9.69 Å². The number of amides is 1. The normalized spacial score (nSPS) is 15.3. The van der Waals surface area contributed by atoms with E-state index in [0.717, 1.165) is 48.6 Å². The van der Waals surface area contributed by atoms with Gasteiger partial charge in [0.15, 0.2) is 0 Å². The van der Waals surface area contributed by atoms with E-state index >= 15 is 0 Å². The molecule has 0 unspecified atom stereocenters. The Morgan fingerprint density at radius 3 is 2.03 bits per heavy atom. The number of hydrogen-bond acceptors (Lipinski definition) is 3. The van der Waals surface area contributed by atoms with Gasteiger partial charge in [0.05, 0.1) is 0 Å². The molecule has 0 aliphatic carbocycles. The van der Waals surface area contributed by atoms with E-state index in [1.165, 1.54) is 0 Å². The molecule has 1 fully saturated rings. The first-order valence-corrected chi connectivity index (χ1v) is 12.6. The van der Waals surface area contributed by atoms with Crippen molar-refractivity contribution in [1.29, 1.82) is 0 Å². The molecule has 3 rings (SSSR count). The number of thioether (sulfide) groups is 1. The van der Waals surface area contributed by atoms with Crippen molar-refractivity contribution in [2.75, 3.05) is 25.4 Å². The van der Waals surface area contributed by atoms with Crippen LogP contribution < -0.4 is 5.32 Å². The zero-order chi connectivity index (χ0) is 21.5. The van der Waals surface area contributed by atoms with Crippen LogP contribution in [0.5, 0.6) is 0 Å². The number of likely N-dealkylation sites (tertiary alicyclic amines) is 1.